The van der Waals surface area contributed by atoms with Crippen molar-refractivity contribution in [3.8, 4) is 5.88 Å². The number of guanidine groups is 1. The third kappa shape index (κ3) is 7.39. The minimum absolute atomic E-state index is 0. The number of furan rings is 1. The van der Waals surface area contributed by atoms with Gasteiger partial charge in [-0.3, -0.25) is 9.79 Å². The maximum atomic E-state index is 12.4. The summed E-state index contributed by atoms with van der Waals surface area (Å²) in [6.45, 7) is 9.74. The van der Waals surface area contributed by atoms with Crippen LogP contribution in [-0.4, -0.2) is 66.0 Å². The topological polar surface area (TPSA) is 83.2 Å². The first-order valence-corrected chi connectivity index (χ1v) is 10.9. The van der Waals surface area contributed by atoms with Gasteiger partial charge in [0.1, 0.15) is 0 Å². The molecule has 176 valence electrons. The van der Waals surface area contributed by atoms with Crippen LogP contribution in [0.5, 0.6) is 5.88 Å². The highest BCUT2D eigenvalue weighted by Crippen LogP contribution is 2.15. The molecule has 2 aromatic rings. The standard InChI is InChI=1S/C23H33N5O3.HI/c1-17(2)14-18(3)31-21-15-19(7-8-25-21)16-26-23(24-4)28-11-9-27(10-12-28)22(29)20-6-5-13-30-20;/h5-8,13,15,17-18H,9-12,14,16H2,1-4H3,(H,24,26);1H. The minimum atomic E-state index is -0.0661. The molecule has 0 aromatic carbocycles. The number of aromatic nitrogens is 1. The molecule has 9 heteroatoms. The van der Waals surface area contributed by atoms with Crippen molar-refractivity contribution in [3.63, 3.8) is 0 Å². The monoisotopic (exact) mass is 555 g/mol. The van der Waals surface area contributed by atoms with E-state index in [4.69, 9.17) is 9.15 Å². The van der Waals surface area contributed by atoms with Crippen LogP contribution < -0.4 is 10.1 Å². The van der Waals surface area contributed by atoms with Crippen molar-refractivity contribution >= 4 is 35.8 Å². The summed E-state index contributed by atoms with van der Waals surface area (Å²) >= 11 is 0. The first-order valence-electron chi connectivity index (χ1n) is 10.9. The zero-order chi connectivity index (χ0) is 22.2. The normalized spacial score (nSPS) is 15.3. The number of amides is 1. The average molecular weight is 555 g/mol. The van der Waals surface area contributed by atoms with Crippen molar-refractivity contribution in [2.24, 2.45) is 10.9 Å². The highest BCUT2D eigenvalue weighted by atomic mass is 127. The van der Waals surface area contributed by atoms with Crippen molar-refractivity contribution in [2.45, 2.75) is 39.8 Å². The van der Waals surface area contributed by atoms with Crippen LogP contribution in [-0.2, 0) is 6.54 Å². The summed E-state index contributed by atoms with van der Waals surface area (Å²) in [5, 5.41) is 3.41. The fourth-order valence-corrected chi connectivity index (χ4v) is 3.73. The number of nitrogens with zero attached hydrogens (tertiary/aromatic N) is 4. The Kier molecular flexibility index (Phi) is 10.3. The second-order valence-electron chi connectivity index (χ2n) is 8.22. The Balaban J connectivity index is 0.00000363. The van der Waals surface area contributed by atoms with E-state index in [-0.39, 0.29) is 36.0 Å². The fraction of sp³-hybridized carbons (Fsp3) is 0.522. The molecule has 0 radical (unpaired) electrons. The number of carbonyl (C=O) groups excluding carboxylic acids is 1. The minimum Gasteiger partial charge on any atom is -0.475 e. The Morgan fingerprint density at radius 3 is 2.56 bits per heavy atom. The maximum Gasteiger partial charge on any atom is 0.289 e. The number of piperazine rings is 1. The van der Waals surface area contributed by atoms with Gasteiger partial charge in [-0.25, -0.2) is 4.98 Å². The Bertz CT molecular complexity index is 864. The predicted octanol–water partition coefficient (Wildman–Crippen LogP) is 3.64. The number of hydrogen-bond donors (Lipinski definition) is 1. The molecular formula is C23H34IN5O3. The molecule has 3 rings (SSSR count). The van der Waals surface area contributed by atoms with Gasteiger partial charge in [0, 0.05) is 52.0 Å². The summed E-state index contributed by atoms with van der Waals surface area (Å²) < 4.78 is 11.2. The third-order valence-corrected chi connectivity index (χ3v) is 5.19. The highest BCUT2D eigenvalue weighted by molar-refractivity contribution is 14.0. The first kappa shape index (κ1) is 26.0. The molecule has 0 saturated carbocycles. The number of halogens is 1. The van der Waals surface area contributed by atoms with Gasteiger partial charge in [0.2, 0.25) is 5.88 Å². The molecule has 1 aliphatic rings. The van der Waals surface area contributed by atoms with Crippen LogP contribution in [0.2, 0.25) is 0 Å². The lowest BCUT2D eigenvalue weighted by Gasteiger charge is -2.36. The molecule has 1 atom stereocenters. The molecule has 1 unspecified atom stereocenters. The van der Waals surface area contributed by atoms with Crippen molar-refractivity contribution in [2.75, 3.05) is 33.2 Å². The predicted molar refractivity (Wildman–Crippen MR) is 136 cm³/mol. The lowest BCUT2D eigenvalue weighted by atomic mass is 10.1. The van der Waals surface area contributed by atoms with Crippen LogP contribution >= 0.6 is 24.0 Å². The molecule has 2 aromatic heterocycles. The van der Waals surface area contributed by atoms with Gasteiger partial charge in [-0.05, 0) is 43.0 Å². The highest BCUT2D eigenvalue weighted by Gasteiger charge is 2.25. The van der Waals surface area contributed by atoms with Crippen LogP contribution in [0.3, 0.4) is 0 Å². The number of aliphatic imine (C=N–C) groups is 1. The number of rotatable bonds is 7. The Hall–Kier alpha value is -2.30. The summed E-state index contributed by atoms with van der Waals surface area (Å²) in [6, 6.07) is 7.37. The first-order chi connectivity index (χ1) is 15.0. The fourth-order valence-electron chi connectivity index (χ4n) is 3.73. The lowest BCUT2D eigenvalue weighted by molar-refractivity contribution is 0.0657. The molecule has 1 saturated heterocycles. The van der Waals surface area contributed by atoms with E-state index in [1.165, 1.54) is 6.26 Å². The van der Waals surface area contributed by atoms with Gasteiger partial charge in [0.15, 0.2) is 11.7 Å². The summed E-state index contributed by atoms with van der Waals surface area (Å²) in [5.41, 5.74) is 1.08. The van der Waals surface area contributed by atoms with Crippen molar-refractivity contribution < 1.29 is 13.9 Å². The quantitative estimate of drug-likeness (QED) is 0.319. The van der Waals surface area contributed by atoms with E-state index in [1.54, 1.807) is 25.4 Å². The number of hydrogen-bond acceptors (Lipinski definition) is 5. The SMILES string of the molecule is CN=C(NCc1ccnc(OC(C)CC(C)C)c1)N1CCN(C(=O)c2ccco2)CC1.I. The molecule has 1 amide bonds. The van der Waals surface area contributed by atoms with Gasteiger partial charge in [0.25, 0.3) is 5.91 Å². The summed E-state index contributed by atoms with van der Waals surface area (Å²) in [4.78, 5) is 25.2. The van der Waals surface area contributed by atoms with E-state index in [0.29, 0.717) is 50.3 Å². The molecule has 1 aliphatic heterocycles. The largest absolute Gasteiger partial charge is 0.475 e. The van der Waals surface area contributed by atoms with Crippen LogP contribution in [0.1, 0.15) is 43.3 Å². The van der Waals surface area contributed by atoms with Gasteiger partial charge in [0.05, 0.1) is 12.4 Å². The van der Waals surface area contributed by atoms with Gasteiger partial charge >= 0.3 is 0 Å². The molecule has 1 N–H and O–H groups in total. The van der Waals surface area contributed by atoms with Crippen LogP contribution in [0.4, 0.5) is 0 Å². The second kappa shape index (κ2) is 12.7. The summed E-state index contributed by atoms with van der Waals surface area (Å²) in [5.74, 6) is 2.36. The summed E-state index contributed by atoms with van der Waals surface area (Å²) in [7, 11) is 1.78. The maximum absolute atomic E-state index is 12.4. The molecule has 0 aliphatic carbocycles. The molecule has 8 nitrogen and oxygen atoms in total. The van der Waals surface area contributed by atoms with Gasteiger partial charge in [-0.2, -0.15) is 0 Å². The molecule has 0 spiro atoms. The molecule has 32 heavy (non-hydrogen) atoms. The van der Waals surface area contributed by atoms with Crippen LogP contribution in [0, 0.1) is 5.92 Å². The zero-order valence-corrected chi connectivity index (χ0v) is 21.6. The van der Waals surface area contributed by atoms with Crippen molar-refractivity contribution in [1.82, 2.24) is 20.1 Å². The van der Waals surface area contributed by atoms with Gasteiger partial charge in [-0.1, -0.05) is 13.8 Å². The van der Waals surface area contributed by atoms with Crippen LogP contribution in [0.25, 0.3) is 0 Å². The lowest BCUT2D eigenvalue weighted by Crippen LogP contribution is -2.53. The smallest absolute Gasteiger partial charge is 0.289 e. The summed E-state index contributed by atoms with van der Waals surface area (Å²) in [6.07, 6.45) is 4.42. The Labute approximate surface area is 207 Å². The third-order valence-electron chi connectivity index (χ3n) is 5.19. The van der Waals surface area contributed by atoms with Crippen LogP contribution in [0.15, 0.2) is 46.1 Å². The van der Waals surface area contributed by atoms with E-state index >= 15 is 0 Å². The number of carbonyl (C=O) groups is 1. The van der Waals surface area contributed by atoms with E-state index < -0.39 is 0 Å². The Morgan fingerprint density at radius 2 is 1.94 bits per heavy atom. The average Bonchev–Trinajstić information content (AvgIpc) is 3.29. The molecule has 1 fully saturated rings. The molecular weight excluding hydrogens is 521 g/mol. The number of nitrogens with one attached hydrogen (secondary N) is 1. The van der Waals surface area contributed by atoms with Gasteiger partial charge < -0.3 is 24.3 Å². The Morgan fingerprint density at radius 1 is 1.22 bits per heavy atom. The van der Waals surface area contributed by atoms with E-state index in [0.717, 1.165) is 17.9 Å². The second-order valence-corrected chi connectivity index (χ2v) is 8.22. The number of pyridine rings is 1. The van der Waals surface area contributed by atoms with Gasteiger partial charge in [-0.15, -0.1) is 24.0 Å². The molecule has 3 heterocycles. The molecule has 0 bridgehead atoms. The zero-order valence-electron chi connectivity index (χ0n) is 19.3. The number of ether oxygens (including phenoxy) is 1. The van der Waals surface area contributed by atoms with E-state index in [2.05, 4.69) is 41.0 Å². The van der Waals surface area contributed by atoms with Crippen molar-refractivity contribution in [3.05, 3.63) is 48.0 Å². The van der Waals surface area contributed by atoms with Crippen molar-refractivity contribution in [1.29, 1.82) is 0 Å². The van der Waals surface area contributed by atoms with E-state index in [9.17, 15) is 4.79 Å². The van der Waals surface area contributed by atoms with E-state index in [1.807, 2.05) is 17.0 Å².